The van der Waals surface area contributed by atoms with E-state index in [1.807, 2.05) is 55.4 Å². The molecule has 0 aromatic heterocycles. The lowest BCUT2D eigenvalue weighted by Gasteiger charge is -2.23. The minimum atomic E-state index is 0. The Morgan fingerprint density at radius 2 is 1.10 bits per heavy atom. The van der Waals surface area contributed by atoms with Crippen molar-refractivity contribution in [2.75, 3.05) is 0 Å². The number of fused-ring (bicyclic) bond motifs is 3. The molecule has 0 saturated heterocycles. The predicted octanol–water partition coefficient (Wildman–Crippen LogP) is 21.2. The summed E-state index contributed by atoms with van der Waals surface area (Å²) in [5.41, 5.74) is 24.5. The molecule has 0 heterocycles. The van der Waals surface area contributed by atoms with Gasteiger partial charge in [0, 0.05) is 5.41 Å². The van der Waals surface area contributed by atoms with Gasteiger partial charge in [-0.2, -0.15) is 0 Å². The lowest BCUT2D eigenvalue weighted by Crippen LogP contribution is -2.15. The lowest BCUT2D eigenvalue weighted by atomic mass is 9.80. The summed E-state index contributed by atoms with van der Waals surface area (Å²) in [6.07, 6.45) is 23.2. The number of benzene rings is 6. The molecule has 0 amide bonds. The summed E-state index contributed by atoms with van der Waals surface area (Å²) in [7, 11) is 0. The maximum atomic E-state index is 4.00. The normalized spacial score (nSPS) is 12.5. The zero-order valence-electron chi connectivity index (χ0n) is 44.0. The van der Waals surface area contributed by atoms with Gasteiger partial charge in [-0.25, -0.2) is 0 Å². The van der Waals surface area contributed by atoms with Crippen molar-refractivity contribution in [3.8, 4) is 57.4 Å². The van der Waals surface area contributed by atoms with E-state index in [-0.39, 0.29) is 12.8 Å². The largest absolute Gasteiger partial charge is 0.124 e. The quantitative estimate of drug-likeness (QED) is 0.111. The summed E-state index contributed by atoms with van der Waals surface area (Å²) in [6, 6.07) is 45.1. The minimum absolute atomic E-state index is 0. The number of hydrogen-bond acceptors (Lipinski definition) is 0. The van der Waals surface area contributed by atoms with Crippen LogP contribution in [0.3, 0.4) is 0 Å². The van der Waals surface area contributed by atoms with E-state index in [0.29, 0.717) is 0 Å². The van der Waals surface area contributed by atoms with Crippen molar-refractivity contribution in [1.29, 1.82) is 0 Å². The Hall–Kier alpha value is -5.90. The van der Waals surface area contributed by atoms with E-state index in [1.54, 1.807) is 5.57 Å². The van der Waals surface area contributed by atoms with Crippen LogP contribution >= 0.6 is 0 Å². The first-order valence-corrected chi connectivity index (χ1v) is 25.1. The third-order valence-electron chi connectivity index (χ3n) is 12.0. The van der Waals surface area contributed by atoms with Crippen LogP contribution < -0.4 is 0 Å². The van der Waals surface area contributed by atoms with Gasteiger partial charge in [0.1, 0.15) is 0 Å². The van der Waals surface area contributed by atoms with Crippen molar-refractivity contribution in [1.82, 2.24) is 0 Å². The fraction of sp³-hybridized carbons (Fsp3) is 0.343. The fourth-order valence-electron chi connectivity index (χ4n) is 8.82. The first kappa shape index (κ1) is 59.1. The van der Waals surface area contributed by atoms with Gasteiger partial charge in [0.05, 0.1) is 0 Å². The number of hydrogen-bond donors (Lipinski definition) is 0. The monoisotopic (exact) mass is 893 g/mol. The van der Waals surface area contributed by atoms with Crippen LogP contribution in [0.1, 0.15) is 167 Å². The Labute approximate surface area is 412 Å². The summed E-state index contributed by atoms with van der Waals surface area (Å²) in [4.78, 5) is 0. The van der Waals surface area contributed by atoms with E-state index in [0.717, 1.165) is 6.42 Å². The molecule has 67 heavy (non-hydrogen) atoms. The van der Waals surface area contributed by atoms with Gasteiger partial charge in [0.2, 0.25) is 0 Å². The van der Waals surface area contributed by atoms with E-state index < -0.39 is 0 Å². The van der Waals surface area contributed by atoms with E-state index in [4.69, 9.17) is 0 Å². The maximum absolute atomic E-state index is 4.00. The van der Waals surface area contributed by atoms with Gasteiger partial charge in [0.25, 0.3) is 0 Å². The first-order chi connectivity index (χ1) is 32.1. The van der Waals surface area contributed by atoms with Crippen LogP contribution in [0.15, 0.2) is 146 Å². The Kier molecular flexibility index (Phi) is 26.8. The molecule has 0 aliphatic heterocycles. The molecular formula is C67H88. The van der Waals surface area contributed by atoms with Crippen molar-refractivity contribution < 1.29 is 0 Å². The Balaban J connectivity index is 0.000000560. The van der Waals surface area contributed by atoms with Crippen LogP contribution in [-0.2, 0) is 5.41 Å². The van der Waals surface area contributed by atoms with Crippen molar-refractivity contribution in [2.24, 2.45) is 0 Å². The molecule has 8 rings (SSSR count). The van der Waals surface area contributed by atoms with Crippen molar-refractivity contribution in [3.63, 3.8) is 0 Å². The maximum Gasteiger partial charge on any atom is 0.0159 e. The average Bonchev–Trinajstić information content (AvgIpc) is 3.59. The molecule has 356 valence electrons. The van der Waals surface area contributed by atoms with Crippen molar-refractivity contribution in [3.05, 3.63) is 190 Å². The van der Waals surface area contributed by atoms with Crippen LogP contribution in [0, 0.1) is 40.5 Å². The Morgan fingerprint density at radius 1 is 0.537 bits per heavy atom. The fourth-order valence-corrected chi connectivity index (χ4v) is 8.82. The third kappa shape index (κ3) is 14.8. The van der Waals surface area contributed by atoms with Gasteiger partial charge in [-0.15, -0.1) is 12.8 Å². The highest BCUT2D eigenvalue weighted by atomic mass is 14.4. The Morgan fingerprint density at radius 3 is 1.70 bits per heavy atom. The molecule has 0 atom stereocenters. The smallest absolute Gasteiger partial charge is 0.0159 e. The standard InChI is InChI=1S/C29H30.C27H28.4C2H6.C2H2.CH4/c1-19-9-8-12-22(15-19)23-13-14-24-26-18-25(21-10-6-5-7-11-21)20(2)16-27(26)29(3,4)28(24)17-23;1-5-10-22(11-6-2)24-16-14-20(3)26(18-24)27-19-25(17-15-21(27)4)23-12-8-7-9-13-23;5*1-2;/h8-10,12-18H,5-7,11H2,1-4H3;5,7-19H,6H2,1-4H3;4*1-2H3;1-2H;1H4/b;10-5-,22-11+;;;;;;. The van der Waals surface area contributed by atoms with Crippen molar-refractivity contribution in [2.45, 2.75) is 156 Å². The summed E-state index contributed by atoms with van der Waals surface area (Å²) in [5.74, 6) is 0. The number of terminal acetylenes is 1. The Bertz CT molecular complexity index is 2510. The second-order valence-corrected chi connectivity index (χ2v) is 16.4. The molecule has 0 saturated carbocycles. The van der Waals surface area contributed by atoms with Crippen LogP contribution in [0.5, 0.6) is 0 Å². The molecule has 6 aromatic carbocycles. The van der Waals surface area contributed by atoms with Crippen LogP contribution in [0.4, 0.5) is 0 Å². The molecule has 0 bridgehead atoms. The van der Waals surface area contributed by atoms with E-state index in [2.05, 4.69) is 214 Å². The van der Waals surface area contributed by atoms with E-state index >= 15 is 0 Å². The number of rotatable bonds is 7. The third-order valence-corrected chi connectivity index (χ3v) is 12.0. The van der Waals surface area contributed by atoms with Gasteiger partial charge in [-0.05, 0) is 186 Å². The molecule has 6 aromatic rings. The summed E-state index contributed by atoms with van der Waals surface area (Å²) >= 11 is 0. The zero-order valence-corrected chi connectivity index (χ0v) is 44.0. The van der Waals surface area contributed by atoms with Gasteiger partial charge >= 0.3 is 0 Å². The first-order valence-electron chi connectivity index (χ1n) is 25.1. The van der Waals surface area contributed by atoms with Gasteiger partial charge < -0.3 is 0 Å². The molecule has 0 heteroatoms. The SMILES string of the molecule is C.C#C.C/C=C\C(=C/CC)c1ccc(C)c(-c2cc(-c3ccccc3)ccc2C)c1.CC.CC.CC.CC.Cc1cccc(-c2ccc3c(c2)C(C)(C)c2cc(C)c(C4=CCCCC4)cc2-3)c1. The number of allylic oxidation sites excluding steroid dienone is 6. The second kappa shape index (κ2) is 30.4. The van der Waals surface area contributed by atoms with Gasteiger partial charge in [-0.3, -0.25) is 0 Å². The summed E-state index contributed by atoms with van der Waals surface area (Å²) < 4.78 is 0. The van der Waals surface area contributed by atoms with E-state index in [9.17, 15) is 0 Å². The van der Waals surface area contributed by atoms with Gasteiger partial charge in [-0.1, -0.05) is 211 Å². The molecule has 0 fully saturated rings. The lowest BCUT2D eigenvalue weighted by molar-refractivity contribution is 0.660. The highest BCUT2D eigenvalue weighted by Crippen LogP contribution is 2.51. The molecule has 0 nitrogen and oxygen atoms in total. The topological polar surface area (TPSA) is 0 Å². The molecule has 2 aliphatic rings. The predicted molar refractivity (Wildman–Crippen MR) is 307 cm³/mol. The highest BCUT2D eigenvalue weighted by molar-refractivity contribution is 5.87. The molecule has 0 unspecified atom stereocenters. The van der Waals surface area contributed by atoms with Crippen molar-refractivity contribution >= 4 is 11.1 Å². The molecule has 2 aliphatic carbocycles. The van der Waals surface area contributed by atoms with Crippen LogP contribution in [-0.4, -0.2) is 0 Å². The highest BCUT2D eigenvalue weighted by Gasteiger charge is 2.36. The molecular weight excluding hydrogens is 805 g/mol. The number of aryl methyl sites for hydroxylation is 4. The van der Waals surface area contributed by atoms with Gasteiger partial charge in [0.15, 0.2) is 0 Å². The molecule has 0 spiro atoms. The summed E-state index contributed by atoms with van der Waals surface area (Å²) in [6.45, 7) is 33.9. The minimum Gasteiger partial charge on any atom is -0.124 e. The molecule has 0 radical (unpaired) electrons. The summed E-state index contributed by atoms with van der Waals surface area (Å²) in [5, 5.41) is 0. The average molecular weight is 893 g/mol. The molecule has 0 N–H and O–H groups in total. The van der Waals surface area contributed by atoms with E-state index in [1.165, 1.54) is 120 Å². The van der Waals surface area contributed by atoms with Crippen LogP contribution in [0.25, 0.3) is 55.7 Å². The second-order valence-electron chi connectivity index (χ2n) is 16.4. The zero-order chi connectivity index (χ0) is 49.4. The van der Waals surface area contributed by atoms with Crippen LogP contribution in [0.2, 0.25) is 0 Å².